The lowest BCUT2D eigenvalue weighted by molar-refractivity contribution is 0.180. The molecule has 4 nitrogen and oxygen atoms in total. The zero-order valence-corrected chi connectivity index (χ0v) is 7.57. The molecule has 0 atom stereocenters. The molecule has 0 aromatic carbocycles. The molecular formula is C9H10N2O2. The third kappa shape index (κ3) is 2.17. The molecule has 0 radical (unpaired) electrons. The number of nitriles is 1. The van der Waals surface area contributed by atoms with Crippen molar-refractivity contribution in [3.63, 3.8) is 0 Å². The largest absolute Gasteiger partial charge is 0.480 e. The van der Waals surface area contributed by atoms with Crippen LogP contribution >= 0.6 is 0 Å². The Kier molecular flexibility index (Phi) is 3.23. The van der Waals surface area contributed by atoms with Crippen molar-refractivity contribution in [3.8, 4) is 11.9 Å². The van der Waals surface area contributed by atoms with Crippen LogP contribution in [0.1, 0.15) is 11.3 Å². The van der Waals surface area contributed by atoms with Crippen molar-refractivity contribution < 1.29 is 9.47 Å². The second kappa shape index (κ2) is 4.43. The van der Waals surface area contributed by atoms with Crippen molar-refractivity contribution >= 4 is 0 Å². The van der Waals surface area contributed by atoms with Gasteiger partial charge in [-0.05, 0) is 12.1 Å². The standard InChI is InChI=1S/C9H10N2O2/c1-12-6-8-4-3-7(5-10)9(11-8)13-2/h3-4H,6H2,1-2H3. The molecule has 0 aliphatic rings. The number of aromatic nitrogens is 1. The van der Waals surface area contributed by atoms with Gasteiger partial charge >= 0.3 is 0 Å². The van der Waals surface area contributed by atoms with Gasteiger partial charge in [0, 0.05) is 7.11 Å². The zero-order chi connectivity index (χ0) is 9.68. The van der Waals surface area contributed by atoms with Gasteiger partial charge in [0.2, 0.25) is 5.88 Å². The Bertz CT molecular complexity index is 331. The molecule has 1 aromatic heterocycles. The number of pyridine rings is 1. The van der Waals surface area contributed by atoms with Gasteiger partial charge < -0.3 is 9.47 Å². The summed E-state index contributed by atoms with van der Waals surface area (Å²) in [6.07, 6.45) is 0. The molecule has 0 saturated heterocycles. The van der Waals surface area contributed by atoms with Crippen LogP contribution in [-0.4, -0.2) is 19.2 Å². The molecule has 0 saturated carbocycles. The molecule has 4 heteroatoms. The lowest BCUT2D eigenvalue weighted by Crippen LogP contribution is -1.97. The SMILES string of the molecule is COCc1ccc(C#N)c(OC)n1. The topological polar surface area (TPSA) is 55.1 Å². The summed E-state index contributed by atoms with van der Waals surface area (Å²) in [6.45, 7) is 0.419. The second-order valence-electron chi connectivity index (χ2n) is 2.40. The van der Waals surface area contributed by atoms with E-state index in [4.69, 9.17) is 14.7 Å². The van der Waals surface area contributed by atoms with E-state index in [1.54, 1.807) is 19.2 Å². The molecule has 0 N–H and O–H groups in total. The van der Waals surface area contributed by atoms with Crippen LogP contribution < -0.4 is 4.74 Å². The third-order valence-electron chi connectivity index (χ3n) is 1.52. The Labute approximate surface area is 76.7 Å². The minimum Gasteiger partial charge on any atom is -0.480 e. The van der Waals surface area contributed by atoms with E-state index in [1.807, 2.05) is 6.07 Å². The number of nitrogens with zero attached hydrogens (tertiary/aromatic N) is 2. The molecule has 0 bridgehead atoms. The summed E-state index contributed by atoms with van der Waals surface area (Å²) in [5, 5.41) is 8.67. The van der Waals surface area contributed by atoms with E-state index < -0.39 is 0 Å². The summed E-state index contributed by atoms with van der Waals surface area (Å²) in [6, 6.07) is 5.39. The van der Waals surface area contributed by atoms with Crippen LogP contribution in [0.25, 0.3) is 0 Å². The number of hydrogen-bond donors (Lipinski definition) is 0. The number of rotatable bonds is 3. The van der Waals surface area contributed by atoms with Crippen LogP contribution in [-0.2, 0) is 11.3 Å². The fourth-order valence-electron chi connectivity index (χ4n) is 0.948. The Morgan fingerprint density at radius 3 is 2.77 bits per heavy atom. The van der Waals surface area contributed by atoms with Crippen LogP contribution in [0.2, 0.25) is 0 Å². The molecule has 0 aliphatic carbocycles. The smallest absolute Gasteiger partial charge is 0.231 e. The quantitative estimate of drug-likeness (QED) is 0.695. The van der Waals surface area contributed by atoms with E-state index in [0.717, 1.165) is 5.69 Å². The van der Waals surface area contributed by atoms with Gasteiger partial charge in [-0.3, -0.25) is 0 Å². The minimum atomic E-state index is 0.344. The van der Waals surface area contributed by atoms with E-state index in [9.17, 15) is 0 Å². The monoisotopic (exact) mass is 178 g/mol. The fraction of sp³-hybridized carbons (Fsp3) is 0.333. The average Bonchev–Trinajstić information content (AvgIpc) is 2.18. The van der Waals surface area contributed by atoms with Crippen LogP contribution in [0.3, 0.4) is 0 Å². The first kappa shape index (κ1) is 9.49. The van der Waals surface area contributed by atoms with Crippen molar-refractivity contribution in [1.82, 2.24) is 4.98 Å². The minimum absolute atomic E-state index is 0.344. The van der Waals surface area contributed by atoms with E-state index in [0.29, 0.717) is 18.1 Å². The van der Waals surface area contributed by atoms with Crippen LogP contribution in [0.15, 0.2) is 12.1 Å². The molecular weight excluding hydrogens is 168 g/mol. The lowest BCUT2D eigenvalue weighted by Gasteiger charge is -2.03. The van der Waals surface area contributed by atoms with Crippen molar-refractivity contribution in [1.29, 1.82) is 5.26 Å². The number of ether oxygens (including phenoxy) is 2. The maximum Gasteiger partial charge on any atom is 0.231 e. The summed E-state index contributed by atoms with van der Waals surface area (Å²) in [5.74, 6) is 0.344. The highest BCUT2D eigenvalue weighted by atomic mass is 16.5. The predicted octanol–water partition coefficient (Wildman–Crippen LogP) is 1.11. The van der Waals surface area contributed by atoms with Gasteiger partial charge in [-0.25, -0.2) is 4.98 Å². The molecule has 0 fully saturated rings. The third-order valence-corrected chi connectivity index (χ3v) is 1.52. The molecule has 0 spiro atoms. The van der Waals surface area contributed by atoms with Gasteiger partial charge in [0.25, 0.3) is 0 Å². The Morgan fingerprint density at radius 1 is 1.46 bits per heavy atom. The van der Waals surface area contributed by atoms with Gasteiger partial charge in [0.15, 0.2) is 0 Å². The molecule has 1 heterocycles. The van der Waals surface area contributed by atoms with Crippen molar-refractivity contribution in [2.75, 3.05) is 14.2 Å². The lowest BCUT2D eigenvalue weighted by atomic mass is 10.2. The summed E-state index contributed by atoms with van der Waals surface area (Å²) >= 11 is 0. The van der Waals surface area contributed by atoms with Gasteiger partial charge in [-0.1, -0.05) is 0 Å². The van der Waals surface area contributed by atoms with Gasteiger partial charge in [0.05, 0.1) is 19.4 Å². The molecule has 13 heavy (non-hydrogen) atoms. The highest BCUT2D eigenvalue weighted by molar-refractivity contribution is 5.38. The molecule has 0 amide bonds. The van der Waals surface area contributed by atoms with E-state index >= 15 is 0 Å². The highest BCUT2D eigenvalue weighted by Crippen LogP contribution is 2.14. The van der Waals surface area contributed by atoms with Gasteiger partial charge in [-0.15, -0.1) is 0 Å². The summed E-state index contributed by atoms with van der Waals surface area (Å²) in [7, 11) is 3.08. The zero-order valence-electron chi connectivity index (χ0n) is 7.57. The highest BCUT2D eigenvalue weighted by Gasteiger charge is 2.04. The molecule has 68 valence electrons. The van der Waals surface area contributed by atoms with Crippen LogP contribution in [0.5, 0.6) is 5.88 Å². The maximum absolute atomic E-state index is 8.67. The van der Waals surface area contributed by atoms with Crippen LogP contribution in [0.4, 0.5) is 0 Å². The molecule has 1 rings (SSSR count). The Balaban J connectivity index is 3.00. The van der Waals surface area contributed by atoms with Crippen LogP contribution in [0, 0.1) is 11.3 Å². The summed E-state index contributed by atoms with van der Waals surface area (Å²) < 4.78 is 9.83. The molecule has 1 aromatic rings. The van der Waals surface area contributed by atoms with Gasteiger partial charge in [-0.2, -0.15) is 5.26 Å². The Hall–Kier alpha value is -1.60. The molecule has 0 unspecified atom stereocenters. The number of hydrogen-bond acceptors (Lipinski definition) is 4. The summed E-state index contributed by atoms with van der Waals surface area (Å²) in [5.41, 5.74) is 1.18. The first-order chi connectivity index (χ1) is 6.31. The maximum atomic E-state index is 8.67. The second-order valence-corrected chi connectivity index (χ2v) is 2.40. The van der Waals surface area contributed by atoms with Crippen molar-refractivity contribution in [3.05, 3.63) is 23.4 Å². The fourth-order valence-corrected chi connectivity index (χ4v) is 0.948. The van der Waals surface area contributed by atoms with E-state index in [-0.39, 0.29) is 0 Å². The summed E-state index contributed by atoms with van der Waals surface area (Å²) in [4.78, 5) is 4.08. The first-order valence-electron chi connectivity index (χ1n) is 3.74. The van der Waals surface area contributed by atoms with Gasteiger partial charge in [0.1, 0.15) is 11.6 Å². The van der Waals surface area contributed by atoms with E-state index in [1.165, 1.54) is 7.11 Å². The van der Waals surface area contributed by atoms with Crippen molar-refractivity contribution in [2.45, 2.75) is 6.61 Å². The number of methoxy groups -OCH3 is 2. The Morgan fingerprint density at radius 2 is 2.23 bits per heavy atom. The van der Waals surface area contributed by atoms with E-state index in [2.05, 4.69) is 4.98 Å². The predicted molar refractivity (Wildman–Crippen MR) is 46.2 cm³/mol. The van der Waals surface area contributed by atoms with Crippen molar-refractivity contribution in [2.24, 2.45) is 0 Å². The first-order valence-corrected chi connectivity index (χ1v) is 3.74. The molecule has 0 aliphatic heterocycles. The normalized spacial score (nSPS) is 9.31. The average molecular weight is 178 g/mol.